The zero-order valence-corrected chi connectivity index (χ0v) is 14.0. The predicted molar refractivity (Wildman–Crippen MR) is 89.6 cm³/mol. The molecular weight excluding hydrogens is 342 g/mol. The number of aromatic nitrogens is 4. The fraction of sp³-hybridized carbons (Fsp3) is 0.250. The summed E-state index contributed by atoms with van der Waals surface area (Å²) in [5.41, 5.74) is 4.81. The highest BCUT2D eigenvalue weighted by Gasteiger charge is 2.25. The lowest BCUT2D eigenvalue weighted by Gasteiger charge is -2.16. The molecular formula is C12H11N5O2S3. The smallest absolute Gasteiger partial charge is 0.280 e. The zero-order chi connectivity index (χ0) is 16.1. The van der Waals surface area contributed by atoms with Crippen LogP contribution in [0, 0.1) is 3.14 Å². The minimum absolute atomic E-state index is 0.0235. The van der Waals surface area contributed by atoms with E-state index in [0.717, 1.165) is 4.88 Å². The maximum absolute atomic E-state index is 11.7. The lowest BCUT2D eigenvalue weighted by molar-refractivity contribution is 0.0832. The largest absolute Gasteiger partial charge is 0.385 e. The number of hydrogen-bond donors (Lipinski definition) is 3. The van der Waals surface area contributed by atoms with Crippen molar-refractivity contribution in [2.45, 2.75) is 19.4 Å². The highest BCUT2D eigenvalue weighted by Crippen LogP contribution is 2.39. The number of nitrogen functional groups attached to an aromatic ring is 1. The first kappa shape index (κ1) is 15.2. The molecule has 0 fully saturated rings. The molecule has 10 heteroatoms. The van der Waals surface area contributed by atoms with Crippen molar-refractivity contribution in [3.05, 3.63) is 24.6 Å². The van der Waals surface area contributed by atoms with Crippen LogP contribution in [0.1, 0.15) is 18.7 Å². The molecule has 0 unspecified atom stereocenters. The third kappa shape index (κ3) is 2.65. The topological polar surface area (TPSA) is 118 Å². The van der Waals surface area contributed by atoms with Crippen molar-refractivity contribution in [1.82, 2.24) is 19.9 Å². The molecule has 0 saturated carbocycles. The van der Waals surface area contributed by atoms with Crippen LogP contribution in [0.25, 0.3) is 21.7 Å². The standard InChI is InChI=1S/C12H11N5O2S3/c1-12(2,19)7-6(21-11(20)22-7)4-3-14-5-8(15-4)16-10(13)17-9(5)18/h3,19H,1-2H3,(H3,13,15,16,17,18). The monoisotopic (exact) mass is 353 g/mol. The molecule has 0 spiro atoms. The van der Waals surface area contributed by atoms with Crippen molar-refractivity contribution >= 4 is 52.0 Å². The minimum atomic E-state index is -1.05. The van der Waals surface area contributed by atoms with Crippen molar-refractivity contribution in [3.63, 3.8) is 0 Å². The maximum Gasteiger partial charge on any atom is 0.280 e. The van der Waals surface area contributed by atoms with Gasteiger partial charge in [0.05, 0.1) is 21.6 Å². The van der Waals surface area contributed by atoms with Crippen LogP contribution in [-0.2, 0) is 5.60 Å². The normalized spacial score (nSPS) is 12.0. The first-order chi connectivity index (χ1) is 10.3. The molecule has 114 valence electrons. The molecule has 22 heavy (non-hydrogen) atoms. The highest BCUT2D eigenvalue weighted by molar-refractivity contribution is 7.76. The van der Waals surface area contributed by atoms with Gasteiger partial charge < -0.3 is 10.8 Å². The molecule has 7 nitrogen and oxygen atoms in total. The zero-order valence-electron chi connectivity index (χ0n) is 11.6. The first-order valence-corrected chi connectivity index (χ1v) is 8.19. The summed E-state index contributed by atoms with van der Waals surface area (Å²) in [6.07, 6.45) is 1.47. The molecule has 0 aliphatic heterocycles. The van der Waals surface area contributed by atoms with Gasteiger partial charge in [0.2, 0.25) is 5.95 Å². The third-order valence-electron chi connectivity index (χ3n) is 2.80. The molecule has 3 heterocycles. The molecule has 0 amide bonds. The summed E-state index contributed by atoms with van der Waals surface area (Å²) in [5, 5.41) is 10.3. The molecule has 4 N–H and O–H groups in total. The summed E-state index contributed by atoms with van der Waals surface area (Å²) in [4.78, 5) is 28.0. The molecule has 0 aromatic carbocycles. The molecule has 0 aliphatic rings. The molecule has 3 rings (SSSR count). The molecule has 3 aromatic rings. The van der Waals surface area contributed by atoms with Crippen molar-refractivity contribution in [1.29, 1.82) is 0 Å². The molecule has 0 aliphatic carbocycles. The number of anilines is 1. The average molecular weight is 353 g/mol. The summed E-state index contributed by atoms with van der Waals surface area (Å²) in [5.74, 6) is -0.0235. The SMILES string of the molecule is CC(C)(O)c1sc(=S)sc1-c1cnc2c(=O)[nH]c(N)nc2n1. The predicted octanol–water partition coefficient (Wildman–Crippen LogP) is 2.04. The van der Waals surface area contributed by atoms with Gasteiger partial charge in [0.1, 0.15) is 8.83 Å². The van der Waals surface area contributed by atoms with Crippen LogP contribution in [0.15, 0.2) is 11.0 Å². The van der Waals surface area contributed by atoms with Crippen LogP contribution >= 0.6 is 34.9 Å². The van der Waals surface area contributed by atoms with Gasteiger partial charge >= 0.3 is 0 Å². The van der Waals surface area contributed by atoms with Gasteiger partial charge in [0.25, 0.3) is 5.56 Å². The molecule has 0 bridgehead atoms. The van der Waals surface area contributed by atoms with E-state index in [9.17, 15) is 9.90 Å². The van der Waals surface area contributed by atoms with Crippen LogP contribution in [0.5, 0.6) is 0 Å². The minimum Gasteiger partial charge on any atom is -0.385 e. The van der Waals surface area contributed by atoms with Gasteiger partial charge in [-0.2, -0.15) is 4.98 Å². The Bertz CT molecular complexity index is 983. The number of aliphatic hydroxyl groups is 1. The van der Waals surface area contributed by atoms with Crippen molar-refractivity contribution in [2.24, 2.45) is 0 Å². The Morgan fingerprint density at radius 2 is 2.09 bits per heavy atom. The van der Waals surface area contributed by atoms with Crippen LogP contribution in [0.2, 0.25) is 0 Å². The van der Waals surface area contributed by atoms with E-state index in [1.165, 1.54) is 28.9 Å². The van der Waals surface area contributed by atoms with E-state index in [4.69, 9.17) is 18.0 Å². The van der Waals surface area contributed by atoms with Crippen LogP contribution in [0.3, 0.4) is 0 Å². The Balaban J connectivity index is 2.28. The summed E-state index contributed by atoms with van der Waals surface area (Å²) < 4.78 is 0.674. The Kier molecular flexibility index (Phi) is 3.56. The van der Waals surface area contributed by atoms with E-state index < -0.39 is 11.2 Å². The van der Waals surface area contributed by atoms with Crippen molar-refractivity contribution < 1.29 is 5.11 Å². The van der Waals surface area contributed by atoms with E-state index >= 15 is 0 Å². The van der Waals surface area contributed by atoms with Gasteiger partial charge in [-0.05, 0) is 13.8 Å². The van der Waals surface area contributed by atoms with E-state index in [1.807, 2.05) is 0 Å². The molecule has 3 aromatic heterocycles. The third-order valence-corrected chi connectivity index (χ3v) is 5.79. The van der Waals surface area contributed by atoms with Crippen LogP contribution in [0.4, 0.5) is 5.95 Å². The molecule has 0 radical (unpaired) electrons. The Morgan fingerprint density at radius 3 is 2.77 bits per heavy atom. The average Bonchev–Trinajstić information content (AvgIpc) is 2.80. The first-order valence-electron chi connectivity index (χ1n) is 6.15. The number of aromatic amines is 1. The number of nitrogens with two attached hydrogens (primary N) is 1. The summed E-state index contributed by atoms with van der Waals surface area (Å²) in [7, 11) is 0. The van der Waals surface area contributed by atoms with Gasteiger partial charge in [0.15, 0.2) is 11.2 Å². The second-order valence-corrected chi connectivity index (χ2v) is 8.27. The van der Waals surface area contributed by atoms with Gasteiger partial charge in [-0.3, -0.25) is 9.78 Å². The second kappa shape index (κ2) is 5.16. The van der Waals surface area contributed by atoms with Gasteiger partial charge in [0, 0.05) is 0 Å². The Morgan fingerprint density at radius 1 is 1.36 bits per heavy atom. The van der Waals surface area contributed by atoms with Crippen molar-refractivity contribution in [3.8, 4) is 10.6 Å². The number of nitrogens with zero attached hydrogens (tertiary/aromatic N) is 3. The van der Waals surface area contributed by atoms with Gasteiger partial charge in [-0.15, -0.1) is 22.7 Å². The van der Waals surface area contributed by atoms with E-state index in [-0.39, 0.29) is 17.1 Å². The Hall–Kier alpha value is -1.75. The number of rotatable bonds is 2. The van der Waals surface area contributed by atoms with Crippen molar-refractivity contribution in [2.75, 3.05) is 5.73 Å². The summed E-state index contributed by atoms with van der Waals surface area (Å²) >= 11 is 7.88. The fourth-order valence-corrected chi connectivity index (χ4v) is 4.64. The number of fused-ring (bicyclic) bond motifs is 1. The Labute approximate surface area is 137 Å². The maximum atomic E-state index is 11.7. The number of H-pyrrole nitrogens is 1. The number of hydrogen-bond acceptors (Lipinski definition) is 9. The summed E-state index contributed by atoms with van der Waals surface area (Å²) in [6, 6.07) is 0. The van der Waals surface area contributed by atoms with Gasteiger partial charge in [-0.25, -0.2) is 9.97 Å². The van der Waals surface area contributed by atoms with E-state index in [0.29, 0.717) is 13.7 Å². The fourth-order valence-electron chi connectivity index (χ4n) is 1.90. The second-order valence-electron chi connectivity index (χ2n) is 5.05. The van der Waals surface area contributed by atoms with Gasteiger partial charge in [-0.1, -0.05) is 12.2 Å². The summed E-state index contributed by atoms with van der Waals surface area (Å²) in [6.45, 7) is 3.36. The number of nitrogens with one attached hydrogen (secondary N) is 1. The lowest BCUT2D eigenvalue weighted by Crippen LogP contribution is -2.15. The van der Waals surface area contributed by atoms with Crippen LogP contribution < -0.4 is 11.3 Å². The molecule has 0 saturated heterocycles. The quantitative estimate of drug-likeness (QED) is 0.603. The lowest BCUT2D eigenvalue weighted by atomic mass is 10.1. The molecule has 0 atom stereocenters. The highest BCUT2D eigenvalue weighted by atomic mass is 32.2. The van der Waals surface area contributed by atoms with E-state index in [1.54, 1.807) is 13.8 Å². The van der Waals surface area contributed by atoms with E-state index in [2.05, 4.69) is 19.9 Å². The van der Waals surface area contributed by atoms with Crippen LogP contribution in [-0.4, -0.2) is 25.0 Å².